The van der Waals surface area contributed by atoms with Crippen LogP contribution in [-0.4, -0.2) is 54.4 Å². The van der Waals surface area contributed by atoms with Gasteiger partial charge in [0.1, 0.15) is 12.7 Å². The molecule has 1 rings (SSSR count). The summed E-state index contributed by atoms with van der Waals surface area (Å²) < 4.78 is 41.2. The van der Waals surface area contributed by atoms with Crippen molar-refractivity contribution in [2.75, 3.05) is 13.2 Å². The molecule has 0 aromatic carbocycles. The van der Waals surface area contributed by atoms with Crippen LogP contribution in [0.2, 0.25) is 0 Å². The van der Waals surface area contributed by atoms with Crippen LogP contribution in [0.3, 0.4) is 0 Å². The van der Waals surface area contributed by atoms with E-state index in [1.54, 1.807) is 6.92 Å². The molecule has 5 atom stereocenters. The maximum atomic E-state index is 14.4. The van der Waals surface area contributed by atoms with Crippen LogP contribution in [0.5, 0.6) is 0 Å². The van der Waals surface area contributed by atoms with Crippen molar-refractivity contribution >= 4 is 8.53 Å². The number of hydrogen-bond donors (Lipinski definition) is 0. The zero-order valence-electron chi connectivity index (χ0n) is 15.0. The molecule has 0 saturated carbocycles. The number of alkyl halides is 1. The standard InChI is InChI=1S/C15H28FN2O3P/c1-10(2)18(11(3)4)22(19-9-8-17-7)21-15-13(6)20-12(5)14(15)16/h10-15H,8-9H2,1-6H3/t12?,13-,14+,15-,22?/m1/s1/i6D. The van der Waals surface area contributed by atoms with Crippen molar-refractivity contribution in [3.63, 3.8) is 0 Å². The van der Waals surface area contributed by atoms with Gasteiger partial charge in [-0.25, -0.2) is 15.6 Å². The summed E-state index contributed by atoms with van der Waals surface area (Å²) in [5, 5.41) is 0. The van der Waals surface area contributed by atoms with Crippen LogP contribution in [0.15, 0.2) is 0 Å². The predicted octanol–water partition coefficient (Wildman–Crippen LogP) is 3.80. The molecule has 0 spiro atoms. The fourth-order valence-corrected chi connectivity index (χ4v) is 4.18. The summed E-state index contributed by atoms with van der Waals surface area (Å²) in [6.07, 6.45) is -3.25. The van der Waals surface area contributed by atoms with E-state index in [-0.39, 0.29) is 32.1 Å². The Bertz CT molecular complexity index is 389. The van der Waals surface area contributed by atoms with Crippen LogP contribution in [0.1, 0.15) is 42.9 Å². The molecule has 0 amide bonds. The van der Waals surface area contributed by atoms with E-state index in [4.69, 9.17) is 21.7 Å². The highest BCUT2D eigenvalue weighted by molar-refractivity contribution is 7.44. The van der Waals surface area contributed by atoms with Gasteiger partial charge in [-0.2, -0.15) is 0 Å². The highest BCUT2D eigenvalue weighted by Crippen LogP contribution is 2.49. The summed E-state index contributed by atoms with van der Waals surface area (Å²) in [6, 6.07) is 0.308. The Morgan fingerprint density at radius 3 is 2.50 bits per heavy atom. The van der Waals surface area contributed by atoms with Crippen LogP contribution in [-0.2, 0) is 13.8 Å². The lowest BCUT2D eigenvalue weighted by Crippen LogP contribution is -2.37. The van der Waals surface area contributed by atoms with E-state index in [0.29, 0.717) is 0 Å². The molecule has 0 aromatic heterocycles. The third kappa shape index (κ3) is 5.11. The zero-order valence-corrected chi connectivity index (χ0v) is 14.9. The molecule has 22 heavy (non-hydrogen) atoms. The van der Waals surface area contributed by atoms with Gasteiger partial charge in [-0.1, -0.05) is 0 Å². The van der Waals surface area contributed by atoms with Crippen molar-refractivity contribution in [2.24, 2.45) is 0 Å². The molecule has 1 fully saturated rings. The van der Waals surface area contributed by atoms with E-state index in [2.05, 4.69) is 9.52 Å². The molecule has 128 valence electrons. The second-order valence-corrected chi connectivity index (χ2v) is 7.32. The van der Waals surface area contributed by atoms with Crippen molar-refractivity contribution in [3.05, 3.63) is 11.4 Å². The van der Waals surface area contributed by atoms with Crippen LogP contribution in [0.4, 0.5) is 4.39 Å². The Balaban J connectivity index is 2.88. The minimum absolute atomic E-state index is 0.0516. The summed E-state index contributed by atoms with van der Waals surface area (Å²) >= 11 is 0. The molecule has 1 heterocycles. The van der Waals surface area contributed by atoms with Gasteiger partial charge < -0.3 is 18.6 Å². The first-order valence-corrected chi connectivity index (χ1v) is 8.76. The molecule has 5 nitrogen and oxygen atoms in total. The van der Waals surface area contributed by atoms with Gasteiger partial charge in [-0.15, -0.1) is 0 Å². The van der Waals surface area contributed by atoms with E-state index < -0.39 is 33.0 Å². The van der Waals surface area contributed by atoms with E-state index in [1.165, 1.54) is 0 Å². The Hall–Kier alpha value is -0.310. The van der Waals surface area contributed by atoms with Gasteiger partial charge in [0.2, 0.25) is 6.54 Å². The molecule has 0 bridgehead atoms. The van der Waals surface area contributed by atoms with E-state index >= 15 is 0 Å². The number of halogens is 1. The second kappa shape index (κ2) is 9.10. The quantitative estimate of drug-likeness (QED) is 0.384. The van der Waals surface area contributed by atoms with Gasteiger partial charge in [0, 0.05) is 13.5 Å². The van der Waals surface area contributed by atoms with Crippen molar-refractivity contribution in [2.45, 2.75) is 78.1 Å². The Morgan fingerprint density at radius 1 is 1.36 bits per heavy atom. The molecule has 1 aliphatic rings. The van der Waals surface area contributed by atoms with Crippen molar-refractivity contribution in [1.82, 2.24) is 4.67 Å². The molecule has 1 saturated heterocycles. The molecular weight excluding hydrogens is 306 g/mol. The zero-order chi connectivity index (χ0) is 17.6. The maximum Gasteiger partial charge on any atom is 0.259 e. The Labute approximate surface area is 136 Å². The summed E-state index contributed by atoms with van der Waals surface area (Å²) in [5.41, 5.74) is 0. The van der Waals surface area contributed by atoms with E-state index in [0.717, 1.165) is 0 Å². The van der Waals surface area contributed by atoms with Crippen molar-refractivity contribution in [3.8, 4) is 0 Å². The van der Waals surface area contributed by atoms with Crippen LogP contribution in [0, 0.1) is 6.57 Å². The Kier molecular flexibility index (Phi) is 7.46. The van der Waals surface area contributed by atoms with Gasteiger partial charge in [0.25, 0.3) is 8.53 Å². The highest BCUT2D eigenvalue weighted by Gasteiger charge is 2.44. The maximum absolute atomic E-state index is 14.4. The lowest BCUT2D eigenvalue weighted by molar-refractivity contribution is 0.0298. The van der Waals surface area contributed by atoms with Crippen LogP contribution >= 0.6 is 8.53 Å². The SMILES string of the molecule is [2H]C[C@H]1OC(C)[C@H](F)[C@@H]1OP(OCC[N+]#[C-])N(C(C)C)C(C)C. The predicted molar refractivity (Wildman–Crippen MR) is 86.2 cm³/mol. The molecule has 0 radical (unpaired) electrons. The fraction of sp³-hybridized carbons (Fsp3) is 0.933. The molecule has 2 unspecified atom stereocenters. The first-order valence-electron chi connectivity index (χ1n) is 8.34. The summed E-state index contributed by atoms with van der Waals surface area (Å²) in [6.45, 7) is 17.1. The minimum atomic E-state index is -1.52. The van der Waals surface area contributed by atoms with Gasteiger partial charge in [0.15, 0.2) is 6.17 Å². The third-order valence-electron chi connectivity index (χ3n) is 3.38. The fourth-order valence-electron chi connectivity index (χ4n) is 2.42. The topological polar surface area (TPSA) is 35.3 Å². The number of ether oxygens (including phenoxy) is 1. The molecule has 0 aromatic rings. The summed E-state index contributed by atoms with van der Waals surface area (Å²) in [4.78, 5) is 3.28. The molecule has 0 N–H and O–H groups in total. The van der Waals surface area contributed by atoms with Gasteiger partial charge >= 0.3 is 0 Å². The first-order chi connectivity index (χ1) is 10.8. The molecule has 0 aliphatic carbocycles. The summed E-state index contributed by atoms with van der Waals surface area (Å²) in [7, 11) is -1.52. The number of nitrogens with zero attached hydrogens (tertiary/aromatic N) is 2. The van der Waals surface area contributed by atoms with Gasteiger partial charge in [0.05, 0.1) is 12.2 Å². The second-order valence-electron chi connectivity index (χ2n) is 5.91. The monoisotopic (exact) mass is 335 g/mol. The van der Waals surface area contributed by atoms with Crippen LogP contribution in [0.25, 0.3) is 4.85 Å². The average Bonchev–Trinajstić information content (AvgIpc) is 2.74. The first kappa shape index (κ1) is 18.0. The van der Waals surface area contributed by atoms with Crippen LogP contribution < -0.4 is 0 Å². The number of hydrogen-bond acceptors (Lipinski definition) is 4. The van der Waals surface area contributed by atoms with Gasteiger partial charge in [-0.05, 0) is 41.5 Å². The molecular formula is C15H28FN2O3P. The third-order valence-corrected chi connectivity index (χ3v) is 5.51. The van der Waals surface area contributed by atoms with E-state index in [1.807, 2.05) is 27.7 Å². The molecule has 1 aliphatic heterocycles. The average molecular weight is 335 g/mol. The number of rotatable bonds is 8. The lowest BCUT2D eigenvalue weighted by atomic mass is 10.1. The smallest absolute Gasteiger partial charge is 0.259 e. The van der Waals surface area contributed by atoms with E-state index in [9.17, 15) is 4.39 Å². The lowest BCUT2D eigenvalue weighted by Gasteiger charge is -2.37. The molecule has 7 heteroatoms. The highest BCUT2D eigenvalue weighted by atomic mass is 31.2. The largest absolute Gasteiger partial charge is 0.370 e. The normalized spacial score (nSPS) is 30.8. The minimum Gasteiger partial charge on any atom is -0.370 e. The Morgan fingerprint density at radius 2 is 2.00 bits per heavy atom. The van der Waals surface area contributed by atoms with Crippen molar-refractivity contribution < 1.29 is 19.5 Å². The van der Waals surface area contributed by atoms with Gasteiger partial charge in [-0.3, -0.25) is 0 Å². The van der Waals surface area contributed by atoms with Crippen molar-refractivity contribution in [1.29, 1.82) is 0 Å². The summed E-state index contributed by atoms with van der Waals surface area (Å²) in [5.74, 6) is 0.